The first kappa shape index (κ1) is 11.8. The van der Waals surface area contributed by atoms with E-state index in [-0.39, 0.29) is 22.2 Å². The van der Waals surface area contributed by atoms with Crippen LogP contribution in [-0.4, -0.2) is 39.1 Å². The fraction of sp³-hybridized carbons (Fsp3) is 0.556. The van der Waals surface area contributed by atoms with Gasteiger partial charge in [-0.1, -0.05) is 18.7 Å². The van der Waals surface area contributed by atoms with Gasteiger partial charge in [-0.25, -0.2) is 4.79 Å². The first-order chi connectivity index (χ1) is 7.54. The molecule has 0 radical (unpaired) electrons. The molecule has 2 heterocycles. The number of nitrogens with two attached hydrogens (primary N) is 1. The Hall–Kier alpha value is -0.660. The molecule has 7 heteroatoms. The minimum absolute atomic E-state index is 0.00826. The zero-order valence-electron chi connectivity index (χ0n) is 8.67. The summed E-state index contributed by atoms with van der Waals surface area (Å²) in [6.45, 7) is 2.43. The van der Waals surface area contributed by atoms with Gasteiger partial charge in [0.2, 0.25) is 5.91 Å². The van der Waals surface area contributed by atoms with Crippen molar-refractivity contribution in [2.45, 2.75) is 24.0 Å². The monoisotopic (exact) mass is 260 g/mol. The summed E-state index contributed by atoms with van der Waals surface area (Å²) >= 11 is 2.89. The first-order valence-corrected chi connectivity index (χ1v) is 6.63. The Balaban J connectivity index is 2.22. The van der Waals surface area contributed by atoms with Crippen LogP contribution in [0.3, 0.4) is 0 Å². The summed E-state index contributed by atoms with van der Waals surface area (Å²) in [6.07, 6.45) is 0.433. The van der Waals surface area contributed by atoms with Gasteiger partial charge in [0, 0.05) is 11.8 Å². The second kappa shape index (κ2) is 4.31. The maximum absolute atomic E-state index is 11.3. The number of carboxylic acids is 1. The van der Waals surface area contributed by atoms with Gasteiger partial charge in [0.05, 0.1) is 16.0 Å². The largest absolute Gasteiger partial charge is 0.477 e. The molecule has 0 aromatic carbocycles. The molecule has 2 aliphatic heterocycles. The molecular weight excluding hydrogens is 248 g/mol. The van der Waals surface area contributed by atoms with Crippen LogP contribution in [0.5, 0.6) is 0 Å². The summed E-state index contributed by atoms with van der Waals surface area (Å²) in [5.41, 5.74) is 5.64. The summed E-state index contributed by atoms with van der Waals surface area (Å²) in [5, 5.41) is 9.25. The predicted molar refractivity (Wildman–Crippen MR) is 63.6 cm³/mol. The number of β-lactam (4-membered cyclic amide) rings is 1. The van der Waals surface area contributed by atoms with Crippen LogP contribution in [0.15, 0.2) is 9.93 Å². The molecule has 1 fully saturated rings. The van der Waals surface area contributed by atoms with E-state index in [4.69, 9.17) is 10.8 Å². The molecule has 88 valence electrons. The van der Waals surface area contributed by atoms with Gasteiger partial charge in [-0.3, -0.25) is 9.69 Å². The van der Waals surface area contributed by atoms with Gasteiger partial charge in [-0.05, 0) is 0 Å². The molecule has 2 aliphatic rings. The Labute approximate surface area is 101 Å². The van der Waals surface area contributed by atoms with Crippen molar-refractivity contribution in [1.82, 2.24) is 4.90 Å². The Bertz CT molecular complexity index is 383. The SMILES string of the molecule is CC(CN)SC1=C(C(=O)O)N2C(=O)C[C@@H]2S1. The van der Waals surface area contributed by atoms with Crippen LogP contribution in [0, 0.1) is 0 Å². The van der Waals surface area contributed by atoms with E-state index in [1.54, 1.807) is 0 Å². The highest BCUT2D eigenvalue weighted by molar-refractivity contribution is 8.23. The van der Waals surface area contributed by atoms with Crippen LogP contribution in [-0.2, 0) is 9.59 Å². The predicted octanol–water partition coefficient (Wildman–Crippen LogP) is 0.626. The van der Waals surface area contributed by atoms with Gasteiger partial charge in [-0.2, -0.15) is 0 Å². The number of carboxylic acid groups (broad SMARTS) is 1. The molecule has 1 saturated heterocycles. The van der Waals surface area contributed by atoms with E-state index >= 15 is 0 Å². The van der Waals surface area contributed by atoms with E-state index in [0.717, 1.165) is 0 Å². The van der Waals surface area contributed by atoms with Gasteiger partial charge < -0.3 is 10.8 Å². The van der Waals surface area contributed by atoms with Crippen LogP contribution in [0.1, 0.15) is 13.3 Å². The lowest BCUT2D eigenvalue weighted by Crippen LogP contribution is -2.48. The van der Waals surface area contributed by atoms with E-state index < -0.39 is 5.97 Å². The molecule has 2 rings (SSSR count). The van der Waals surface area contributed by atoms with Crippen LogP contribution in [0.2, 0.25) is 0 Å². The number of thioether (sulfide) groups is 2. The number of hydrogen-bond donors (Lipinski definition) is 2. The van der Waals surface area contributed by atoms with Gasteiger partial charge in [-0.15, -0.1) is 11.8 Å². The highest BCUT2D eigenvalue weighted by Crippen LogP contribution is 2.51. The molecular formula is C9H12N2O3S2. The molecule has 0 aromatic heterocycles. The Morgan fingerprint density at radius 3 is 3.00 bits per heavy atom. The van der Waals surface area contributed by atoms with E-state index in [1.165, 1.54) is 28.4 Å². The number of aliphatic carboxylic acids is 1. The first-order valence-electron chi connectivity index (χ1n) is 4.87. The van der Waals surface area contributed by atoms with Crippen LogP contribution >= 0.6 is 23.5 Å². The number of rotatable bonds is 4. The average Bonchev–Trinajstić information content (AvgIpc) is 2.51. The van der Waals surface area contributed by atoms with E-state index in [9.17, 15) is 9.59 Å². The third-order valence-corrected chi connectivity index (χ3v) is 5.06. The molecule has 3 N–H and O–H groups in total. The molecule has 1 unspecified atom stereocenters. The Morgan fingerprint density at radius 1 is 1.81 bits per heavy atom. The highest BCUT2D eigenvalue weighted by atomic mass is 32.2. The van der Waals surface area contributed by atoms with E-state index in [0.29, 0.717) is 17.2 Å². The summed E-state index contributed by atoms with van der Waals surface area (Å²) < 4.78 is 0.710. The number of carbonyl (C=O) groups excluding carboxylic acids is 1. The van der Waals surface area contributed by atoms with Gasteiger partial charge in [0.1, 0.15) is 0 Å². The summed E-state index contributed by atoms with van der Waals surface area (Å²) in [6, 6.07) is 0. The topological polar surface area (TPSA) is 83.6 Å². The van der Waals surface area contributed by atoms with Crippen molar-refractivity contribution in [2.24, 2.45) is 5.73 Å². The zero-order valence-corrected chi connectivity index (χ0v) is 10.3. The van der Waals surface area contributed by atoms with Gasteiger partial charge in [0.15, 0.2) is 5.70 Å². The third kappa shape index (κ3) is 1.83. The van der Waals surface area contributed by atoms with Crippen molar-refractivity contribution in [3.05, 3.63) is 9.93 Å². The minimum atomic E-state index is -1.03. The molecule has 0 saturated carbocycles. The second-order valence-electron chi connectivity index (χ2n) is 3.65. The third-order valence-electron chi connectivity index (χ3n) is 2.43. The van der Waals surface area contributed by atoms with Crippen molar-refractivity contribution in [3.63, 3.8) is 0 Å². The summed E-state index contributed by atoms with van der Waals surface area (Å²) in [4.78, 5) is 23.8. The fourth-order valence-corrected chi connectivity index (χ4v) is 4.44. The summed E-state index contributed by atoms with van der Waals surface area (Å²) in [5.74, 6) is -1.14. The molecule has 1 amide bonds. The van der Waals surface area contributed by atoms with Crippen molar-refractivity contribution in [2.75, 3.05) is 6.54 Å². The Morgan fingerprint density at radius 2 is 2.50 bits per heavy atom. The minimum Gasteiger partial charge on any atom is -0.477 e. The highest BCUT2D eigenvalue weighted by Gasteiger charge is 2.48. The molecule has 0 spiro atoms. The molecule has 0 aromatic rings. The van der Waals surface area contributed by atoms with Crippen molar-refractivity contribution in [3.8, 4) is 0 Å². The number of nitrogens with zero attached hydrogens (tertiary/aromatic N) is 1. The van der Waals surface area contributed by atoms with E-state index in [1.807, 2.05) is 6.92 Å². The smallest absolute Gasteiger partial charge is 0.354 e. The molecule has 16 heavy (non-hydrogen) atoms. The average molecular weight is 260 g/mol. The van der Waals surface area contributed by atoms with Crippen LogP contribution in [0.25, 0.3) is 0 Å². The number of fused-ring (bicyclic) bond motifs is 1. The molecule has 5 nitrogen and oxygen atoms in total. The number of amides is 1. The van der Waals surface area contributed by atoms with Crippen molar-refractivity contribution in [1.29, 1.82) is 0 Å². The second-order valence-corrected chi connectivity index (χ2v) is 6.54. The standard InChI is InChI=1S/C9H12N2O3S2/c1-4(3-10)15-9-7(8(13)14)11-5(12)2-6(11)16-9/h4,6H,2-3,10H2,1H3,(H,13,14)/t4?,6-/m0/s1. The lowest BCUT2D eigenvalue weighted by molar-refractivity contribution is -0.145. The molecule has 2 atom stereocenters. The van der Waals surface area contributed by atoms with Crippen LogP contribution < -0.4 is 5.73 Å². The number of carbonyl (C=O) groups is 2. The maximum Gasteiger partial charge on any atom is 0.354 e. The summed E-state index contributed by atoms with van der Waals surface area (Å²) in [7, 11) is 0. The molecule has 0 bridgehead atoms. The van der Waals surface area contributed by atoms with Crippen LogP contribution in [0.4, 0.5) is 0 Å². The van der Waals surface area contributed by atoms with E-state index in [2.05, 4.69) is 0 Å². The lowest BCUT2D eigenvalue weighted by atomic mass is 10.2. The zero-order chi connectivity index (χ0) is 11.9. The fourth-order valence-electron chi connectivity index (χ4n) is 1.53. The molecule has 0 aliphatic carbocycles. The number of hydrogen-bond acceptors (Lipinski definition) is 5. The van der Waals surface area contributed by atoms with Gasteiger partial charge in [0.25, 0.3) is 0 Å². The Kier molecular flexibility index (Phi) is 3.18. The van der Waals surface area contributed by atoms with Crippen molar-refractivity contribution >= 4 is 35.4 Å². The van der Waals surface area contributed by atoms with Crippen molar-refractivity contribution < 1.29 is 14.7 Å². The maximum atomic E-state index is 11.3. The lowest BCUT2D eigenvalue weighted by Gasteiger charge is -2.33. The quantitative estimate of drug-likeness (QED) is 0.721. The van der Waals surface area contributed by atoms with Gasteiger partial charge >= 0.3 is 5.97 Å². The normalized spacial score (nSPS) is 25.5.